The van der Waals surface area contributed by atoms with Gasteiger partial charge in [0, 0.05) is 10.1 Å². The maximum absolute atomic E-state index is 13.0. The third-order valence-electron chi connectivity index (χ3n) is 5.89. The molecule has 0 radical (unpaired) electrons. The summed E-state index contributed by atoms with van der Waals surface area (Å²) in [5, 5.41) is -0.423. The highest BCUT2D eigenvalue weighted by Gasteiger charge is 2.63. The van der Waals surface area contributed by atoms with Gasteiger partial charge in [-0.3, -0.25) is 9.69 Å². The lowest BCUT2D eigenvalue weighted by atomic mass is 9.72. The minimum absolute atomic E-state index is 0.0377. The van der Waals surface area contributed by atoms with E-state index in [2.05, 4.69) is 30.3 Å². The molecule has 2 aliphatic heterocycles. The van der Waals surface area contributed by atoms with Gasteiger partial charge in [-0.15, -0.1) is 23.4 Å². The van der Waals surface area contributed by atoms with Gasteiger partial charge in [-0.05, 0) is 41.8 Å². The molecule has 3 nitrogen and oxygen atoms in total. The quantitative estimate of drug-likeness (QED) is 0.396. The van der Waals surface area contributed by atoms with Crippen molar-refractivity contribution in [3.8, 4) is 5.75 Å². The average Bonchev–Trinajstić information content (AvgIpc) is 2.92. The van der Waals surface area contributed by atoms with Crippen molar-refractivity contribution in [3.63, 3.8) is 0 Å². The van der Waals surface area contributed by atoms with Crippen LogP contribution in [0.5, 0.6) is 5.75 Å². The van der Waals surface area contributed by atoms with Crippen LogP contribution < -0.4 is 9.64 Å². The normalized spacial score (nSPS) is 25.4. The molecule has 5 heteroatoms. The molecule has 29 heavy (non-hydrogen) atoms. The second-order valence-corrected chi connectivity index (χ2v) is 9.06. The molecular weight excluding hydrogens is 402 g/mol. The number of halogens is 1. The molecule has 2 aliphatic rings. The van der Waals surface area contributed by atoms with Crippen LogP contribution in [-0.2, 0) is 10.3 Å². The van der Waals surface area contributed by atoms with Crippen LogP contribution in [0.3, 0.4) is 0 Å². The summed E-state index contributed by atoms with van der Waals surface area (Å²) in [6.45, 7) is 0. The maximum atomic E-state index is 13.0. The van der Waals surface area contributed by atoms with Gasteiger partial charge in [-0.1, -0.05) is 54.6 Å². The van der Waals surface area contributed by atoms with Crippen LogP contribution in [0.1, 0.15) is 22.8 Å². The number of nitrogens with zero attached hydrogens (tertiary/aromatic N) is 1. The van der Waals surface area contributed by atoms with Crippen molar-refractivity contribution in [2.45, 2.75) is 27.5 Å². The molecular formula is C24H20ClNO2S. The Balaban J connectivity index is 1.70. The van der Waals surface area contributed by atoms with Gasteiger partial charge in [0.25, 0.3) is 0 Å². The highest BCUT2D eigenvalue weighted by molar-refractivity contribution is 7.99. The molecule has 0 N–H and O–H groups in total. The Kier molecular flexibility index (Phi) is 4.56. The third-order valence-corrected chi connectivity index (χ3v) is 7.76. The monoisotopic (exact) mass is 421 g/mol. The van der Waals surface area contributed by atoms with Gasteiger partial charge < -0.3 is 4.74 Å². The van der Waals surface area contributed by atoms with E-state index in [9.17, 15) is 4.79 Å². The van der Waals surface area contributed by atoms with E-state index in [1.807, 2.05) is 53.4 Å². The lowest BCUT2D eigenvalue weighted by Gasteiger charge is -2.55. The summed E-state index contributed by atoms with van der Waals surface area (Å²) in [6, 6.07) is 26.5. The van der Waals surface area contributed by atoms with Gasteiger partial charge >= 0.3 is 0 Å². The summed E-state index contributed by atoms with van der Waals surface area (Å²) in [5.41, 5.74) is 2.63. The van der Waals surface area contributed by atoms with E-state index in [1.165, 1.54) is 5.56 Å². The number of carbonyl (C=O) groups excluding carboxylic acids is 1. The van der Waals surface area contributed by atoms with Gasteiger partial charge in [0.2, 0.25) is 5.91 Å². The topological polar surface area (TPSA) is 29.5 Å². The Labute approximate surface area is 179 Å². The zero-order valence-corrected chi connectivity index (χ0v) is 17.5. The van der Waals surface area contributed by atoms with Crippen LogP contribution in [0.2, 0.25) is 0 Å². The van der Waals surface area contributed by atoms with E-state index in [-0.39, 0.29) is 11.2 Å². The summed E-state index contributed by atoms with van der Waals surface area (Å²) in [4.78, 5) is 16.0. The number of β-lactam (4-membered cyclic amide) rings is 1. The fourth-order valence-corrected chi connectivity index (χ4v) is 6.22. The molecule has 3 aromatic rings. The summed E-state index contributed by atoms with van der Waals surface area (Å²) >= 11 is 8.60. The fraction of sp³-hybridized carbons (Fsp3) is 0.208. The standard InChI is InChI=1S/C24H20ClNO2S/c1-28-18-13-11-17(12-14-18)24-15-21(16-7-3-2-4-8-16)29-20-10-6-5-9-19(20)26(24)23(27)22(24)25/h2-14,21-22H,15H2,1H3/t21-,22+,24+/m1/s1. The summed E-state index contributed by atoms with van der Waals surface area (Å²) in [7, 11) is 1.65. The van der Waals surface area contributed by atoms with Gasteiger partial charge in [-0.25, -0.2) is 0 Å². The second-order valence-electron chi connectivity index (χ2n) is 7.38. The van der Waals surface area contributed by atoms with Crippen molar-refractivity contribution in [1.82, 2.24) is 0 Å². The number of alkyl halides is 1. The van der Waals surface area contributed by atoms with Crippen LogP contribution in [-0.4, -0.2) is 18.4 Å². The molecule has 0 bridgehead atoms. The van der Waals surface area contributed by atoms with Gasteiger partial charge in [-0.2, -0.15) is 0 Å². The Hall–Kier alpha value is -2.43. The number of amides is 1. The summed E-state index contributed by atoms with van der Waals surface area (Å²) < 4.78 is 5.34. The SMILES string of the molecule is COc1ccc([C@]23C[C@H](c4ccccc4)Sc4ccccc4N2C(=O)[C@@H]3Cl)cc1. The molecule has 0 spiro atoms. The molecule has 3 atom stereocenters. The molecule has 1 fully saturated rings. The Bertz CT molecular complexity index is 1060. The second kappa shape index (κ2) is 7.12. The van der Waals surface area contributed by atoms with Crippen molar-refractivity contribution in [3.05, 3.63) is 90.0 Å². The first-order valence-corrected chi connectivity index (χ1v) is 10.9. The first-order chi connectivity index (χ1) is 14.1. The highest BCUT2D eigenvalue weighted by atomic mass is 35.5. The zero-order valence-electron chi connectivity index (χ0n) is 15.9. The third kappa shape index (κ3) is 2.77. The van der Waals surface area contributed by atoms with Crippen molar-refractivity contribution in [2.75, 3.05) is 12.0 Å². The van der Waals surface area contributed by atoms with Crippen LogP contribution in [0, 0.1) is 0 Å². The van der Waals surface area contributed by atoms with Crippen LogP contribution in [0.25, 0.3) is 0 Å². The van der Waals surface area contributed by atoms with Crippen molar-refractivity contribution < 1.29 is 9.53 Å². The maximum Gasteiger partial charge on any atom is 0.248 e. The van der Waals surface area contributed by atoms with E-state index in [0.717, 1.165) is 28.3 Å². The summed E-state index contributed by atoms with van der Waals surface area (Å²) in [6.07, 6.45) is 0.739. The first-order valence-electron chi connectivity index (χ1n) is 9.58. The molecule has 1 saturated heterocycles. The lowest BCUT2D eigenvalue weighted by molar-refractivity contribution is -0.127. The number of anilines is 1. The average molecular weight is 422 g/mol. The smallest absolute Gasteiger partial charge is 0.248 e. The number of methoxy groups -OCH3 is 1. The van der Waals surface area contributed by atoms with E-state index < -0.39 is 10.9 Å². The van der Waals surface area contributed by atoms with Crippen LogP contribution in [0.15, 0.2) is 83.8 Å². The van der Waals surface area contributed by atoms with Crippen LogP contribution in [0.4, 0.5) is 5.69 Å². The van der Waals surface area contributed by atoms with Gasteiger partial charge in [0.15, 0.2) is 0 Å². The molecule has 1 amide bonds. The molecule has 146 valence electrons. The van der Waals surface area contributed by atoms with Gasteiger partial charge in [0.1, 0.15) is 11.1 Å². The number of carbonyl (C=O) groups is 1. The molecule has 3 aromatic carbocycles. The number of hydrogen-bond donors (Lipinski definition) is 0. The summed E-state index contributed by atoms with van der Waals surface area (Å²) in [5.74, 6) is 0.751. The van der Waals surface area contributed by atoms with Crippen molar-refractivity contribution in [2.24, 2.45) is 0 Å². The van der Waals surface area contributed by atoms with Gasteiger partial charge in [0.05, 0.1) is 18.3 Å². The van der Waals surface area contributed by atoms with Crippen molar-refractivity contribution in [1.29, 1.82) is 0 Å². The molecule has 0 saturated carbocycles. The number of thioether (sulfide) groups is 1. The predicted molar refractivity (Wildman–Crippen MR) is 118 cm³/mol. The lowest BCUT2D eigenvalue weighted by Crippen LogP contribution is -2.70. The van der Waals surface area contributed by atoms with E-state index in [4.69, 9.17) is 16.3 Å². The van der Waals surface area contributed by atoms with E-state index in [1.54, 1.807) is 18.9 Å². The number of para-hydroxylation sites is 1. The highest BCUT2D eigenvalue weighted by Crippen LogP contribution is 2.60. The minimum atomic E-state index is -0.603. The number of fused-ring (bicyclic) bond motifs is 3. The van der Waals surface area contributed by atoms with E-state index >= 15 is 0 Å². The number of ether oxygens (including phenoxy) is 1. The van der Waals surface area contributed by atoms with E-state index in [0.29, 0.717) is 0 Å². The molecule has 0 aromatic heterocycles. The Morgan fingerprint density at radius 1 is 1.00 bits per heavy atom. The zero-order chi connectivity index (χ0) is 20.0. The predicted octanol–water partition coefficient (Wildman–Crippen LogP) is 5.78. The fourth-order valence-electron chi connectivity index (χ4n) is 4.44. The largest absolute Gasteiger partial charge is 0.497 e. The van der Waals surface area contributed by atoms with Crippen molar-refractivity contribution >= 4 is 35.0 Å². The Morgan fingerprint density at radius 3 is 2.41 bits per heavy atom. The minimum Gasteiger partial charge on any atom is -0.497 e. The molecule has 2 heterocycles. The first kappa shape index (κ1) is 18.6. The molecule has 5 rings (SSSR count). The number of benzene rings is 3. The number of hydrogen-bond acceptors (Lipinski definition) is 3. The molecule has 0 aliphatic carbocycles. The Morgan fingerprint density at radius 2 is 1.69 bits per heavy atom. The number of rotatable bonds is 3. The molecule has 0 unspecified atom stereocenters. The van der Waals surface area contributed by atoms with Crippen LogP contribution >= 0.6 is 23.4 Å².